The fourth-order valence-electron chi connectivity index (χ4n) is 1.06. The number of benzene rings is 1. The van der Waals surface area contributed by atoms with Crippen molar-refractivity contribution in [1.82, 2.24) is 0 Å². The highest BCUT2D eigenvalue weighted by Gasteiger charge is 2.13. The van der Waals surface area contributed by atoms with Crippen molar-refractivity contribution >= 4 is 0 Å². The van der Waals surface area contributed by atoms with Crippen molar-refractivity contribution in [3.8, 4) is 5.75 Å². The van der Waals surface area contributed by atoms with Crippen LogP contribution in [0.4, 0.5) is 4.39 Å². The van der Waals surface area contributed by atoms with Crippen LogP contribution < -0.4 is 5.73 Å². The van der Waals surface area contributed by atoms with E-state index in [2.05, 4.69) is 0 Å². The van der Waals surface area contributed by atoms with Crippen LogP contribution in [0, 0.1) is 12.7 Å². The van der Waals surface area contributed by atoms with Crippen LogP contribution in [0.3, 0.4) is 0 Å². The zero-order valence-corrected chi connectivity index (χ0v) is 7.29. The van der Waals surface area contributed by atoms with Crippen molar-refractivity contribution < 1.29 is 14.6 Å². The van der Waals surface area contributed by atoms with Gasteiger partial charge in [-0.1, -0.05) is 0 Å². The molecule has 0 heterocycles. The van der Waals surface area contributed by atoms with Gasteiger partial charge in [-0.15, -0.1) is 0 Å². The molecule has 13 heavy (non-hydrogen) atoms. The second-order valence-corrected chi connectivity index (χ2v) is 2.91. The van der Waals surface area contributed by atoms with E-state index in [-0.39, 0.29) is 17.9 Å². The lowest BCUT2D eigenvalue weighted by Gasteiger charge is -2.10. The van der Waals surface area contributed by atoms with Crippen LogP contribution in [0.15, 0.2) is 12.1 Å². The molecule has 4 heteroatoms. The summed E-state index contributed by atoms with van der Waals surface area (Å²) in [5, 5.41) is 18.5. The van der Waals surface area contributed by atoms with Crippen LogP contribution in [0.2, 0.25) is 0 Å². The number of hydrogen-bond acceptors (Lipinski definition) is 3. The van der Waals surface area contributed by atoms with Gasteiger partial charge in [-0.05, 0) is 24.6 Å². The number of aryl methyl sites for hydroxylation is 1. The lowest BCUT2D eigenvalue weighted by Crippen LogP contribution is -2.13. The third-order valence-electron chi connectivity index (χ3n) is 1.90. The number of aliphatic hydroxyl groups excluding tert-OH is 1. The van der Waals surface area contributed by atoms with Crippen LogP contribution in [-0.4, -0.2) is 16.8 Å². The summed E-state index contributed by atoms with van der Waals surface area (Å²) in [6.07, 6.45) is -1.06. The van der Waals surface area contributed by atoms with E-state index in [4.69, 9.17) is 5.73 Å². The number of phenols is 1. The van der Waals surface area contributed by atoms with E-state index in [0.29, 0.717) is 5.56 Å². The summed E-state index contributed by atoms with van der Waals surface area (Å²) in [4.78, 5) is 0. The Labute approximate surface area is 75.6 Å². The standard InChI is InChI=1S/C9H12FNO2/c1-5-2-7(10)6(3-8(5)12)9(13)4-11/h2-3,9,12-13H,4,11H2,1H3. The molecule has 0 amide bonds. The van der Waals surface area contributed by atoms with Gasteiger partial charge in [-0.3, -0.25) is 0 Å². The maximum Gasteiger partial charge on any atom is 0.129 e. The lowest BCUT2D eigenvalue weighted by molar-refractivity contribution is 0.181. The number of aromatic hydroxyl groups is 1. The first kappa shape index (κ1) is 9.95. The van der Waals surface area contributed by atoms with E-state index in [1.165, 1.54) is 12.1 Å². The average molecular weight is 185 g/mol. The number of nitrogens with two attached hydrogens (primary N) is 1. The van der Waals surface area contributed by atoms with Crippen molar-refractivity contribution in [2.45, 2.75) is 13.0 Å². The maximum absolute atomic E-state index is 13.1. The Morgan fingerprint density at radius 2 is 2.15 bits per heavy atom. The first-order chi connectivity index (χ1) is 6.06. The van der Waals surface area contributed by atoms with Crippen molar-refractivity contribution in [2.75, 3.05) is 6.54 Å². The fourth-order valence-corrected chi connectivity index (χ4v) is 1.06. The summed E-state index contributed by atoms with van der Waals surface area (Å²) in [6.45, 7) is 1.51. The smallest absolute Gasteiger partial charge is 0.129 e. The Morgan fingerprint density at radius 3 is 2.69 bits per heavy atom. The quantitative estimate of drug-likeness (QED) is 0.639. The summed E-state index contributed by atoms with van der Waals surface area (Å²) in [5.74, 6) is -0.586. The fraction of sp³-hybridized carbons (Fsp3) is 0.333. The van der Waals surface area contributed by atoms with Gasteiger partial charge in [0.05, 0.1) is 6.10 Å². The van der Waals surface area contributed by atoms with Crippen LogP contribution in [0.25, 0.3) is 0 Å². The zero-order valence-electron chi connectivity index (χ0n) is 7.29. The molecular weight excluding hydrogens is 173 g/mol. The Kier molecular flexibility index (Phi) is 2.85. The molecule has 0 aliphatic heterocycles. The highest BCUT2D eigenvalue weighted by molar-refractivity contribution is 5.37. The molecule has 0 aromatic heterocycles. The van der Waals surface area contributed by atoms with Gasteiger partial charge in [0.1, 0.15) is 11.6 Å². The van der Waals surface area contributed by atoms with Gasteiger partial charge in [0.15, 0.2) is 0 Å². The number of rotatable bonds is 2. The maximum atomic E-state index is 13.1. The summed E-state index contributed by atoms with van der Waals surface area (Å²) in [6, 6.07) is 2.37. The van der Waals surface area contributed by atoms with Crippen LogP contribution in [-0.2, 0) is 0 Å². The van der Waals surface area contributed by atoms with E-state index in [0.717, 1.165) is 0 Å². The Morgan fingerprint density at radius 1 is 1.54 bits per heavy atom. The minimum atomic E-state index is -1.06. The topological polar surface area (TPSA) is 66.5 Å². The first-order valence-electron chi connectivity index (χ1n) is 3.93. The molecule has 1 rings (SSSR count). The van der Waals surface area contributed by atoms with Crippen molar-refractivity contribution in [1.29, 1.82) is 0 Å². The molecule has 3 nitrogen and oxygen atoms in total. The summed E-state index contributed by atoms with van der Waals surface area (Å²) in [5.41, 5.74) is 5.63. The first-order valence-corrected chi connectivity index (χ1v) is 3.93. The largest absolute Gasteiger partial charge is 0.508 e. The predicted octanol–water partition coefficient (Wildman–Crippen LogP) is 0.832. The van der Waals surface area contributed by atoms with E-state index in [9.17, 15) is 14.6 Å². The minimum absolute atomic E-state index is 0.0330. The van der Waals surface area contributed by atoms with Gasteiger partial charge in [-0.25, -0.2) is 4.39 Å². The molecular formula is C9H12FNO2. The van der Waals surface area contributed by atoms with Crippen molar-refractivity contribution in [3.05, 3.63) is 29.1 Å². The molecule has 1 aromatic carbocycles. The molecule has 1 unspecified atom stereocenters. The molecule has 0 bridgehead atoms. The van der Waals surface area contributed by atoms with E-state index < -0.39 is 11.9 Å². The summed E-state index contributed by atoms with van der Waals surface area (Å²) < 4.78 is 13.1. The number of hydrogen-bond donors (Lipinski definition) is 3. The van der Waals surface area contributed by atoms with Gasteiger partial charge in [0, 0.05) is 12.1 Å². The molecule has 72 valence electrons. The Balaban J connectivity index is 3.15. The SMILES string of the molecule is Cc1cc(F)c(C(O)CN)cc1O. The average Bonchev–Trinajstić information content (AvgIpc) is 2.10. The van der Waals surface area contributed by atoms with Gasteiger partial charge in [0.2, 0.25) is 0 Å². The van der Waals surface area contributed by atoms with Crippen LogP contribution in [0.5, 0.6) is 5.75 Å². The summed E-state index contributed by atoms with van der Waals surface area (Å²) >= 11 is 0. The van der Waals surface area contributed by atoms with Gasteiger partial charge < -0.3 is 15.9 Å². The monoisotopic (exact) mass is 185 g/mol. The minimum Gasteiger partial charge on any atom is -0.508 e. The second kappa shape index (κ2) is 3.72. The molecule has 0 aliphatic rings. The van der Waals surface area contributed by atoms with Crippen LogP contribution >= 0.6 is 0 Å². The molecule has 0 saturated heterocycles. The van der Waals surface area contributed by atoms with Gasteiger partial charge in [0.25, 0.3) is 0 Å². The highest BCUT2D eigenvalue weighted by atomic mass is 19.1. The number of aliphatic hydroxyl groups is 1. The van der Waals surface area contributed by atoms with E-state index in [1.807, 2.05) is 0 Å². The molecule has 0 saturated carbocycles. The highest BCUT2D eigenvalue weighted by Crippen LogP contribution is 2.24. The molecule has 0 radical (unpaired) electrons. The molecule has 4 N–H and O–H groups in total. The zero-order chi connectivity index (χ0) is 10.0. The molecule has 1 aromatic rings. The van der Waals surface area contributed by atoms with Gasteiger partial charge in [-0.2, -0.15) is 0 Å². The number of phenolic OH excluding ortho intramolecular Hbond substituents is 1. The Bertz CT molecular complexity index is 315. The predicted molar refractivity (Wildman–Crippen MR) is 46.8 cm³/mol. The van der Waals surface area contributed by atoms with Crippen molar-refractivity contribution in [2.24, 2.45) is 5.73 Å². The third-order valence-corrected chi connectivity index (χ3v) is 1.90. The third kappa shape index (κ3) is 1.96. The molecule has 1 atom stereocenters. The lowest BCUT2D eigenvalue weighted by atomic mass is 10.1. The molecule has 0 spiro atoms. The number of halogens is 1. The summed E-state index contributed by atoms with van der Waals surface area (Å²) in [7, 11) is 0. The van der Waals surface area contributed by atoms with Gasteiger partial charge >= 0.3 is 0 Å². The normalized spacial score (nSPS) is 12.9. The van der Waals surface area contributed by atoms with Crippen LogP contribution in [0.1, 0.15) is 17.2 Å². The van der Waals surface area contributed by atoms with E-state index >= 15 is 0 Å². The van der Waals surface area contributed by atoms with E-state index in [1.54, 1.807) is 6.92 Å². The molecule has 0 aliphatic carbocycles. The molecule has 0 fully saturated rings. The van der Waals surface area contributed by atoms with Crippen molar-refractivity contribution in [3.63, 3.8) is 0 Å². The Hall–Kier alpha value is -1.13. The second-order valence-electron chi connectivity index (χ2n) is 2.91.